The molecule has 0 saturated carbocycles. The molecule has 0 radical (unpaired) electrons. The number of rotatable bonds is 5. The summed E-state index contributed by atoms with van der Waals surface area (Å²) in [6, 6.07) is 0. The van der Waals surface area contributed by atoms with E-state index in [4.69, 9.17) is 5.11 Å². The summed E-state index contributed by atoms with van der Waals surface area (Å²) in [4.78, 5) is 10.5. The predicted octanol–water partition coefficient (Wildman–Crippen LogP) is 1.78. The summed E-state index contributed by atoms with van der Waals surface area (Å²) in [5.74, 6) is 2.91. The summed E-state index contributed by atoms with van der Waals surface area (Å²) in [5.41, 5.74) is 0. The molecule has 4 heteroatoms. The second-order valence-electron chi connectivity index (χ2n) is 2.63. The molecule has 0 unspecified atom stereocenters. The molecule has 0 atom stereocenters. The molecule has 12 heavy (non-hydrogen) atoms. The minimum absolute atomic E-state index is 0. The maximum Gasteiger partial charge on any atom is 2.00 e. The molecular formula is C8H20CaO2S. The van der Waals surface area contributed by atoms with Crippen LogP contribution in [0.2, 0.25) is 0 Å². The van der Waals surface area contributed by atoms with E-state index in [0.29, 0.717) is 5.75 Å². The number of aliphatic carboxylic acids is 1. The number of hydrogen-bond acceptors (Lipinski definition) is 1. The molecule has 0 aliphatic carbocycles. The van der Waals surface area contributed by atoms with Crippen molar-refractivity contribution in [2.75, 3.05) is 23.0 Å². The van der Waals surface area contributed by atoms with Crippen LogP contribution < -0.4 is 0 Å². The van der Waals surface area contributed by atoms with Crippen LogP contribution in [0.15, 0.2) is 0 Å². The van der Waals surface area contributed by atoms with Crippen LogP contribution in [0.25, 0.3) is 0 Å². The van der Waals surface area contributed by atoms with Gasteiger partial charge in [0.25, 0.3) is 0 Å². The summed E-state index contributed by atoms with van der Waals surface area (Å²) in [7, 11) is -0.809. The Labute approximate surface area is 109 Å². The van der Waals surface area contributed by atoms with Crippen molar-refractivity contribution in [1.82, 2.24) is 0 Å². The van der Waals surface area contributed by atoms with Gasteiger partial charge in [-0.25, -0.2) is 10.0 Å². The van der Waals surface area contributed by atoms with Gasteiger partial charge >= 0.3 is 43.7 Å². The SMILES string of the molecule is CCS(CC)(CC)CC(=O)O.[Ca+2].[H-].[H-]. The zero-order valence-corrected chi connectivity index (χ0v) is 11.3. The van der Waals surface area contributed by atoms with Crippen molar-refractivity contribution >= 4 is 53.7 Å². The molecule has 0 bridgehead atoms. The summed E-state index contributed by atoms with van der Waals surface area (Å²) in [6.07, 6.45) is 0. The average molecular weight is 220 g/mol. The van der Waals surface area contributed by atoms with Crippen molar-refractivity contribution in [3.05, 3.63) is 0 Å². The Bertz CT molecular complexity index is 135. The fourth-order valence-corrected chi connectivity index (χ4v) is 3.54. The van der Waals surface area contributed by atoms with Crippen molar-refractivity contribution in [2.24, 2.45) is 0 Å². The van der Waals surface area contributed by atoms with Crippen LogP contribution in [0, 0.1) is 0 Å². The molecular weight excluding hydrogens is 200 g/mol. The van der Waals surface area contributed by atoms with Gasteiger partial charge in [-0.3, -0.25) is 4.79 Å². The maximum absolute atomic E-state index is 10.5. The minimum atomic E-state index is -0.809. The zero-order chi connectivity index (χ0) is 8.91. The van der Waals surface area contributed by atoms with E-state index < -0.39 is 16.0 Å². The monoisotopic (exact) mass is 220 g/mol. The topological polar surface area (TPSA) is 37.3 Å². The van der Waals surface area contributed by atoms with E-state index in [-0.39, 0.29) is 40.6 Å². The molecule has 1 N–H and O–H groups in total. The van der Waals surface area contributed by atoms with Gasteiger partial charge in [0.15, 0.2) is 0 Å². The quantitative estimate of drug-likeness (QED) is 0.717. The number of carboxylic acids is 1. The Morgan fingerprint density at radius 1 is 1.25 bits per heavy atom. The van der Waals surface area contributed by atoms with Crippen LogP contribution in [0.1, 0.15) is 23.6 Å². The molecule has 0 heterocycles. The molecule has 0 aliphatic rings. The van der Waals surface area contributed by atoms with E-state index in [1.165, 1.54) is 0 Å². The summed E-state index contributed by atoms with van der Waals surface area (Å²) in [5, 5.41) is 8.66. The second-order valence-corrected chi connectivity index (χ2v) is 7.10. The Kier molecular flexibility index (Phi) is 9.69. The fraction of sp³-hybridized carbons (Fsp3) is 0.875. The molecule has 72 valence electrons. The summed E-state index contributed by atoms with van der Waals surface area (Å²) >= 11 is 0. The molecule has 2 nitrogen and oxygen atoms in total. The summed E-state index contributed by atoms with van der Waals surface area (Å²) < 4.78 is 0. The Morgan fingerprint density at radius 2 is 1.58 bits per heavy atom. The first-order chi connectivity index (χ1) is 5.10. The molecule has 0 fully saturated rings. The third-order valence-electron chi connectivity index (χ3n) is 2.27. The molecule has 0 spiro atoms. The number of carboxylic acid groups (broad SMARTS) is 1. The van der Waals surface area contributed by atoms with Crippen molar-refractivity contribution < 1.29 is 12.8 Å². The smallest absolute Gasteiger partial charge is 1.00 e. The van der Waals surface area contributed by atoms with Crippen LogP contribution in [0.4, 0.5) is 0 Å². The van der Waals surface area contributed by atoms with E-state index in [1.54, 1.807) is 0 Å². The molecule has 0 saturated heterocycles. The molecule has 0 amide bonds. The van der Waals surface area contributed by atoms with Crippen molar-refractivity contribution in [3.8, 4) is 0 Å². The van der Waals surface area contributed by atoms with Gasteiger partial charge in [-0.1, -0.05) is 20.8 Å². The van der Waals surface area contributed by atoms with E-state index >= 15 is 0 Å². The largest absolute Gasteiger partial charge is 2.00 e. The van der Waals surface area contributed by atoms with Crippen LogP contribution in [-0.4, -0.2) is 71.8 Å². The molecule has 0 aliphatic heterocycles. The van der Waals surface area contributed by atoms with Gasteiger partial charge in [-0.15, -0.1) is 0 Å². The van der Waals surface area contributed by atoms with E-state index in [2.05, 4.69) is 20.8 Å². The second kappa shape index (κ2) is 7.48. The number of carbonyl (C=O) groups is 1. The van der Waals surface area contributed by atoms with Gasteiger partial charge in [-0.05, 0) is 17.3 Å². The minimum Gasteiger partial charge on any atom is -1.00 e. The Hall–Kier alpha value is 1.08. The van der Waals surface area contributed by atoms with Crippen LogP contribution in [0.5, 0.6) is 0 Å². The third kappa shape index (κ3) is 4.95. The van der Waals surface area contributed by atoms with Crippen LogP contribution in [-0.2, 0) is 4.79 Å². The molecule has 0 aromatic heterocycles. The predicted molar refractivity (Wildman–Crippen MR) is 59.7 cm³/mol. The standard InChI is InChI=1S/C8H18O2S.Ca.2H/c1-4-11(5-2,6-3)7-8(9)10;;;/h4-7H2,1-3H3,(H,9,10);;;/q;+2;2*-1. The average Bonchev–Trinajstić information content (AvgIpc) is 2.00. The van der Waals surface area contributed by atoms with E-state index in [9.17, 15) is 4.79 Å². The summed E-state index contributed by atoms with van der Waals surface area (Å²) in [6.45, 7) is 6.31. The first-order valence-electron chi connectivity index (χ1n) is 4.06. The normalized spacial score (nSPS) is 11.9. The van der Waals surface area contributed by atoms with Crippen molar-refractivity contribution in [1.29, 1.82) is 0 Å². The number of hydrogen-bond donors (Lipinski definition) is 1. The van der Waals surface area contributed by atoms with Gasteiger partial charge in [0.05, 0.1) is 5.75 Å². The Balaban J connectivity index is -0.000000167. The third-order valence-corrected chi connectivity index (χ3v) is 6.80. The van der Waals surface area contributed by atoms with Gasteiger partial charge in [0, 0.05) is 0 Å². The van der Waals surface area contributed by atoms with E-state index in [0.717, 1.165) is 17.3 Å². The van der Waals surface area contributed by atoms with Crippen molar-refractivity contribution in [2.45, 2.75) is 20.8 Å². The molecule has 0 aromatic carbocycles. The van der Waals surface area contributed by atoms with Gasteiger partial charge in [-0.2, -0.15) is 0 Å². The van der Waals surface area contributed by atoms with Crippen LogP contribution in [0.3, 0.4) is 0 Å². The fourth-order valence-electron chi connectivity index (χ4n) is 1.18. The van der Waals surface area contributed by atoms with Crippen LogP contribution >= 0.6 is 10.0 Å². The molecule has 0 aromatic rings. The van der Waals surface area contributed by atoms with Gasteiger partial charge < -0.3 is 7.96 Å². The maximum atomic E-state index is 10.5. The zero-order valence-electron chi connectivity index (χ0n) is 10.3. The molecule has 0 rings (SSSR count). The van der Waals surface area contributed by atoms with E-state index in [1.807, 2.05) is 0 Å². The first-order valence-corrected chi connectivity index (χ1v) is 6.37. The van der Waals surface area contributed by atoms with Crippen molar-refractivity contribution in [3.63, 3.8) is 0 Å². The Morgan fingerprint density at radius 3 is 1.67 bits per heavy atom. The first kappa shape index (κ1) is 15.5. The van der Waals surface area contributed by atoms with Gasteiger partial charge in [0.1, 0.15) is 0 Å². The van der Waals surface area contributed by atoms with Gasteiger partial charge in [0.2, 0.25) is 0 Å².